The zero-order chi connectivity index (χ0) is 31.8. The minimum atomic E-state index is 0.161. The fourth-order valence-electron chi connectivity index (χ4n) is 7.94. The molecule has 0 amide bonds. The third-order valence-electron chi connectivity index (χ3n) is 10.3. The number of fused-ring (bicyclic) bond motifs is 2. The first kappa shape index (κ1) is 29.0. The number of benzene rings is 5. The van der Waals surface area contributed by atoms with Crippen LogP contribution in [0.2, 0.25) is 0 Å². The van der Waals surface area contributed by atoms with Gasteiger partial charge in [0.15, 0.2) is 17.5 Å². The first-order valence-electron chi connectivity index (χ1n) is 16.7. The highest BCUT2D eigenvalue weighted by Crippen LogP contribution is 2.52. The van der Waals surface area contributed by atoms with Crippen LogP contribution in [0.3, 0.4) is 0 Å². The van der Waals surface area contributed by atoms with Gasteiger partial charge in [-0.3, -0.25) is 0 Å². The molecule has 2 aliphatic carbocycles. The molecule has 2 aliphatic rings. The average Bonchev–Trinajstić information content (AvgIpc) is 3.50. The molecule has 4 heteroatoms. The number of rotatable bonds is 6. The second-order valence-corrected chi connectivity index (χ2v) is 13.6. The van der Waals surface area contributed by atoms with Gasteiger partial charge in [0.25, 0.3) is 0 Å². The van der Waals surface area contributed by atoms with Crippen molar-refractivity contribution in [3.05, 3.63) is 139 Å². The largest absolute Gasteiger partial charge is 0.208 e. The predicted molar refractivity (Wildman–Crippen MR) is 189 cm³/mol. The van der Waals surface area contributed by atoms with E-state index in [-0.39, 0.29) is 5.41 Å². The van der Waals surface area contributed by atoms with Crippen LogP contribution >= 0.6 is 0 Å². The number of hydrogen-bond acceptors (Lipinski definition) is 4. The van der Waals surface area contributed by atoms with Gasteiger partial charge in [0, 0.05) is 16.7 Å². The third-order valence-corrected chi connectivity index (χ3v) is 10.3. The maximum Gasteiger partial charge on any atom is 0.164 e. The molecule has 0 aliphatic heterocycles. The van der Waals surface area contributed by atoms with Gasteiger partial charge in [0.1, 0.15) is 0 Å². The van der Waals surface area contributed by atoms with Crippen LogP contribution in [-0.4, -0.2) is 15.0 Å². The Bertz CT molecular complexity index is 2010. The molecule has 228 valence electrons. The molecule has 0 saturated heterocycles. The highest BCUT2D eigenvalue weighted by Gasteiger charge is 2.42. The Morgan fingerprint density at radius 3 is 1.43 bits per heavy atom. The molecule has 47 heavy (non-hydrogen) atoms. The van der Waals surface area contributed by atoms with Gasteiger partial charge >= 0.3 is 0 Å². The Morgan fingerprint density at radius 2 is 0.957 bits per heavy atom. The Balaban J connectivity index is 1.20. The molecule has 2 fully saturated rings. The van der Waals surface area contributed by atoms with Crippen molar-refractivity contribution in [2.75, 3.05) is 0 Å². The van der Waals surface area contributed by atoms with Gasteiger partial charge in [0.05, 0.1) is 11.6 Å². The van der Waals surface area contributed by atoms with Gasteiger partial charge in [-0.25, -0.2) is 15.0 Å². The summed E-state index contributed by atoms with van der Waals surface area (Å²) in [4.78, 5) is 14.7. The van der Waals surface area contributed by atoms with Crippen LogP contribution in [0, 0.1) is 23.2 Å². The number of aromatic nitrogens is 3. The summed E-state index contributed by atoms with van der Waals surface area (Å²) < 4.78 is 0. The lowest BCUT2D eigenvalue weighted by Crippen LogP contribution is -2.30. The van der Waals surface area contributed by atoms with Crippen molar-refractivity contribution in [1.29, 1.82) is 5.26 Å². The van der Waals surface area contributed by atoms with Crippen molar-refractivity contribution in [2.45, 2.75) is 44.4 Å². The van der Waals surface area contributed by atoms with E-state index in [1.54, 1.807) is 0 Å². The highest BCUT2D eigenvalue weighted by atomic mass is 15.0. The molecule has 3 atom stereocenters. The molecular weight excluding hydrogens is 573 g/mol. The van der Waals surface area contributed by atoms with Gasteiger partial charge < -0.3 is 0 Å². The summed E-state index contributed by atoms with van der Waals surface area (Å²) in [5, 5.41) is 9.38. The van der Waals surface area contributed by atoms with Crippen LogP contribution < -0.4 is 0 Å². The van der Waals surface area contributed by atoms with Crippen molar-refractivity contribution >= 4 is 0 Å². The SMILES string of the molecule is CC1(c2cc(-c3ccc(C#N)cc3)cc(-c3ccc(-c4nc(-c5ccccc5)nc(-c5ccccc5)n4)cc3)c2)C[C@@H]2CC[C@@H](C2)C1. The smallest absolute Gasteiger partial charge is 0.164 e. The van der Waals surface area contributed by atoms with E-state index in [4.69, 9.17) is 15.0 Å². The normalized spacial score (nSPS) is 20.1. The third kappa shape index (κ3) is 5.86. The minimum Gasteiger partial charge on any atom is -0.208 e. The van der Waals surface area contributed by atoms with E-state index < -0.39 is 0 Å². The Kier molecular flexibility index (Phi) is 7.46. The topological polar surface area (TPSA) is 62.5 Å². The Hall–Kier alpha value is -5.40. The summed E-state index contributed by atoms with van der Waals surface area (Å²) in [5.41, 5.74) is 9.84. The zero-order valence-electron chi connectivity index (χ0n) is 26.6. The van der Waals surface area contributed by atoms with E-state index in [0.717, 1.165) is 39.7 Å². The summed E-state index contributed by atoms with van der Waals surface area (Å²) in [6.45, 7) is 2.48. The van der Waals surface area contributed by atoms with E-state index in [1.165, 1.54) is 48.8 Å². The molecule has 2 saturated carbocycles. The average molecular weight is 609 g/mol. The summed E-state index contributed by atoms with van der Waals surface area (Å²) in [6, 6.07) is 46.2. The maximum absolute atomic E-state index is 9.38. The van der Waals surface area contributed by atoms with Crippen LogP contribution in [0.1, 0.15) is 50.2 Å². The van der Waals surface area contributed by atoms with Crippen molar-refractivity contribution in [3.8, 4) is 62.5 Å². The van der Waals surface area contributed by atoms with E-state index in [2.05, 4.69) is 67.6 Å². The van der Waals surface area contributed by atoms with Gasteiger partial charge in [-0.15, -0.1) is 0 Å². The second kappa shape index (κ2) is 12.1. The molecule has 0 N–H and O–H groups in total. The molecule has 0 radical (unpaired) electrons. The molecule has 1 aromatic heterocycles. The predicted octanol–water partition coefficient (Wildman–Crippen LogP) is 10.5. The van der Waals surface area contributed by atoms with Gasteiger partial charge in [-0.1, -0.05) is 129 Å². The molecule has 0 spiro atoms. The van der Waals surface area contributed by atoms with Gasteiger partial charge in [-0.05, 0) is 82.5 Å². The fourth-order valence-corrected chi connectivity index (χ4v) is 7.94. The molecule has 2 bridgehead atoms. The summed E-state index contributed by atoms with van der Waals surface area (Å²) in [6.07, 6.45) is 6.66. The Labute approximate surface area is 276 Å². The monoisotopic (exact) mass is 608 g/mol. The first-order chi connectivity index (χ1) is 23.0. The van der Waals surface area contributed by atoms with E-state index in [0.29, 0.717) is 23.0 Å². The van der Waals surface area contributed by atoms with E-state index in [9.17, 15) is 5.26 Å². The quantitative estimate of drug-likeness (QED) is 0.189. The first-order valence-corrected chi connectivity index (χ1v) is 16.7. The highest BCUT2D eigenvalue weighted by molar-refractivity contribution is 5.76. The molecular formula is C43H36N4. The Morgan fingerprint density at radius 1 is 0.532 bits per heavy atom. The molecule has 1 heterocycles. The van der Waals surface area contributed by atoms with Gasteiger partial charge in [0.2, 0.25) is 0 Å². The van der Waals surface area contributed by atoms with Crippen LogP contribution in [0.25, 0.3) is 56.4 Å². The number of nitriles is 1. The fraction of sp³-hybridized carbons (Fsp3) is 0.209. The van der Waals surface area contributed by atoms with E-state index >= 15 is 0 Å². The molecule has 8 rings (SSSR count). The molecule has 4 nitrogen and oxygen atoms in total. The summed E-state index contributed by atoms with van der Waals surface area (Å²) in [5.74, 6) is 3.64. The lowest BCUT2D eigenvalue weighted by Gasteiger charge is -2.39. The van der Waals surface area contributed by atoms with Crippen LogP contribution in [0.4, 0.5) is 0 Å². The zero-order valence-corrected chi connectivity index (χ0v) is 26.6. The molecule has 5 aromatic carbocycles. The molecule has 6 aromatic rings. The van der Waals surface area contributed by atoms with Crippen molar-refractivity contribution in [3.63, 3.8) is 0 Å². The minimum absolute atomic E-state index is 0.161. The number of hydrogen-bond donors (Lipinski definition) is 0. The van der Waals surface area contributed by atoms with Crippen LogP contribution in [-0.2, 0) is 5.41 Å². The van der Waals surface area contributed by atoms with Crippen molar-refractivity contribution in [1.82, 2.24) is 15.0 Å². The van der Waals surface area contributed by atoms with Crippen LogP contribution in [0.15, 0.2) is 127 Å². The van der Waals surface area contributed by atoms with Crippen molar-refractivity contribution in [2.24, 2.45) is 11.8 Å². The maximum atomic E-state index is 9.38. The lowest BCUT2D eigenvalue weighted by molar-refractivity contribution is 0.232. The summed E-state index contributed by atoms with van der Waals surface area (Å²) in [7, 11) is 0. The van der Waals surface area contributed by atoms with Gasteiger partial charge in [-0.2, -0.15) is 5.26 Å². The number of nitrogens with zero attached hydrogens (tertiary/aromatic N) is 4. The second-order valence-electron chi connectivity index (χ2n) is 13.6. The standard InChI is InChI=1S/C43H36N4/c1-43(26-30-12-13-31(22-30)27-43)39-24-37(32-16-14-29(28-44)15-17-32)23-38(25-39)33-18-20-36(21-19-33)42-46-40(34-8-4-2-5-9-34)45-41(47-42)35-10-6-3-7-11-35/h2-11,14-21,23-25,30-31H,12-13,22,26-27H2,1H3/t30-,31+,43?. The molecule has 1 unspecified atom stereocenters. The summed E-state index contributed by atoms with van der Waals surface area (Å²) >= 11 is 0. The lowest BCUT2D eigenvalue weighted by atomic mass is 9.66. The van der Waals surface area contributed by atoms with E-state index in [1.807, 2.05) is 72.8 Å². The van der Waals surface area contributed by atoms with Crippen molar-refractivity contribution < 1.29 is 0 Å². The van der Waals surface area contributed by atoms with Crippen LogP contribution in [0.5, 0.6) is 0 Å².